The van der Waals surface area contributed by atoms with Crippen molar-refractivity contribution >= 4 is 33.2 Å². The minimum Gasteiger partial charge on any atom is -0.356 e. The molecule has 2 aromatic heterocycles. The van der Waals surface area contributed by atoms with Crippen LogP contribution in [0.5, 0.6) is 0 Å². The molecule has 0 atom stereocenters. The van der Waals surface area contributed by atoms with Crippen LogP contribution in [0, 0.1) is 0 Å². The summed E-state index contributed by atoms with van der Waals surface area (Å²) in [6.07, 6.45) is 2.78. The molecule has 0 aliphatic heterocycles. The summed E-state index contributed by atoms with van der Waals surface area (Å²) in [5.74, 6) is 0.797. The van der Waals surface area contributed by atoms with Gasteiger partial charge in [-0.2, -0.15) is 0 Å². The SMILES string of the molecule is CN=C(NCCc1ccc(Br)s1)NCc1ccccn1. The van der Waals surface area contributed by atoms with Gasteiger partial charge >= 0.3 is 0 Å². The van der Waals surface area contributed by atoms with E-state index in [4.69, 9.17) is 0 Å². The summed E-state index contributed by atoms with van der Waals surface area (Å²) in [6, 6.07) is 10.1. The van der Waals surface area contributed by atoms with Crippen LogP contribution in [-0.4, -0.2) is 24.5 Å². The van der Waals surface area contributed by atoms with E-state index < -0.39 is 0 Å². The fourth-order valence-corrected chi connectivity index (χ4v) is 3.17. The van der Waals surface area contributed by atoms with Crippen LogP contribution in [0.25, 0.3) is 0 Å². The number of aliphatic imine (C=N–C) groups is 1. The van der Waals surface area contributed by atoms with Crippen molar-refractivity contribution in [2.24, 2.45) is 4.99 Å². The minimum absolute atomic E-state index is 0.672. The van der Waals surface area contributed by atoms with Crippen molar-refractivity contribution in [3.05, 3.63) is 50.9 Å². The van der Waals surface area contributed by atoms with Crippen molar-refractivity contribution in [2.45, 2.75) is 13.0 Å². The predicted molar refractivity (Wildman–Crippen MR) is 88.2 cm³/mol. The molecule has 0 radical (unpaired) electrons. The second-order valence-corrected chi connectivity index (χ2v) is 6.68. The van der Waals surface area contributed by atoms with E-state index in [1.807, 2.05) is 18.2 Å². The molecule has 106 valence electrons. The van der Waals surface area contributed by atoms with Gasteiger partial charge < -0.3 is 10.6 Å². The predicted octanol–water partition coefficient (Wildman–Crippen LogP) is 2.81. The molecule has 2 aromatic rings. The van der Waals surface area contributed by atoms with Crippen molar-refractivity contribution in [1.29, 1.82) is 0 Å². The van der Waals surface area contributed by atoms with Crippen molar-refractivity contribution in [3.63, 3.8) is 0 Å². The standard InChI is InChI=1S/C14H17BrN4S/c1-16-14(19-10-11-4-2-3-8-17-11)18-9-7-12-5-6-13(15)20-12/h2-6,8H,7,9-10H2,1H3,(H2,16,18,19). The Bertz CT molecular complexity index is 553. The number of nitrogens with zero attached hydrogens (tertiary/aromatic N) is 2. The van der Waals surface area contributed by atoms with Crippen molar-refractivity contribution in [3.8, 4) is 0 Å². The van der Waals surface area contributed by atoms with E-state index in [1.54, 1.807) is 24.6 Å². The van der Waals surface area contributed by atoms with Crippen LogP contribution in [0.1, 0.15) is 10.6 Å². The first-order valence-electron chi connectivity index (χ1n) is 6.36. The van der Waals surface area contributed by atoms with Gasteiger partial charge in [0.05, 0.1) is 16.0 Å². The Morgan fingerprint density at radius 3 is 2.85 bits per heavy atom. The Morgan fingerprint density at radius 2 is 2.20 bits per heavy atom. The Labute approximate surface area is 131 Å². The lowest BCUT2D eigenvalue weighted by Gasteiger charge is -2.11. The molecule has 2 rings (SSSR count). The lowest BCUT2D eigenvalue weighted by molar-refractivity contribution is 0.787. The molecule has 0 aliphatic rings. The number of aromatic nitrogens is 1. The zero-order chi connectivity index (χ0) is 14.2. The summed E-state index contributed by atoms with van der Waals surface area (Å²) >= 11 is 5.24. The van der Waals surface area contributed by atoms with Crippen LogP contribution in [-0.2, 0) is 13.0 Å². The lowest BCUT2D eigenvalue weighted by Crippen LogP contribution is -2.37. The van der Waals surface area contributed by atoms with Gasteiger partial charge in [0.25, 0.3) is 0 Å². The van der Waals surface area contributed by atoms with Crippen molar-refractivity contribution < 1.29 is 0 Å². The first-order valence-corrected chi connectivity index (χ1v) is 7.97. The highest BCUT2D eigenvalue weighted by Gasteiger charge is 2.00. The highest BCUT2D eigenvalue weighted by Crippen LogP contribution is 2.21. The largest absolute Gasteiger partial charge is 0.356 e. The Hall–Kier alpha value is -1.40. The molecule has 6 heteroatoms. The van der Waals surface area contributed by atoms with Gasteiger partial charge in [-0.15, -0.1) is 11.3 Å². The third-order valence-electron chi connectivity index (χ3n) is 2.68. The maximum atomic E-state index is 4.27. The molecule has 4 nitrogen and oxygen atoms in total. The van der Waals surface area contributed by atoms with Gasteiger partial charge in [0.2, 0.25) is 0 Å². The molecule has 0 aliphatic carbocycles. The summed E-state index contributed by atoms with van der Waals surface area (Å²) in [5, 5.41) is 6.55. The maximum absolute atomic E-state index is 4.27. The quantitative estimate of drug-likeness (QED) is 0.642. The molecule has 0 aromatic carbocycles. The number of rotatable bonds is 5. The number of halogens is 1. The molecule has 0 unspecified atom stereocenters. The highest BCUT2D eigenvalue weighted by atomic mass is 79.9. The van der Waals surface area contributed by atoms with Gasteiger partial charge in [-0.3, -0.25) is 9.98 Å². The smallest absolute Gasteiger partial charge is 0.191 e. The van der Waals surface area contributed by atoms with Gasteiger partial charge in [0.1, 0.15) is 0 Å². The number of thiophene rings is 1. The van der Waals surface area contributed by atoms with Crippen LogP contribution in [0.4, 0.5) is 0 Å². The summed E-state index contributed by atoms with van der Waals surface area (Å²) in [5.41, 5.74) is 0.998. The average molecular weight is 353 g/mol. The molecular weight excluding hydrogens is 336 g/mol. The molecule has 0 spiro atoms. The normalized spacial score (nSPS) is 11.4. The van der Waals surface area contributed by atoms with E-state index in [-0.39, 0.29) is 0 Å². The number of nitrogens with one attached hydrogen (secondary N) is 2. The van der Waals surface area contributed by atoms with Crippen LogP contribution >= 0.6 is 27.3 Å². The number of guanidine groups is 1. The second-order valence-electron chi connectivity index (χ2n) is 4.13. The Kier molecular flexibility index (Phi) is 6.01. The summed E-state index contributed by atoms with van der Waals surface area (Å²) in [6.45, 7) is 1.53. The monoisotopic (exact) mass is 352 g/mol. The summed E-state index contributed by atoms with van der Waals surface area (Å²) in [7, 11) is 1.77. The molecule has 0 fully saturated rings. The first-order chi connectivity index (χ1) is 9.78. The van der Waals surface area contributed by atoms with Crippen LogP contribution in [0.3, 0.4) is 0 Å². The first kappa shape index (κ1) is 15.0. The highest BCUT2D eigenvalue weighted by molar-refractivity contribution is 9.11. The summed E-state index contributed by atoms with van der Waals surface area (Å²) < 4.78 is 1.17. The molecule has 2 N–H and O–H groups in total. The maximum Gasteiger partial charge on any atom is 0.191 e. The minimum atomic E-state index is 0.672. The van der Waals surface area contributed by atoms with Crippen molar-refractivity contribution in [1.82, 2.24) is 15.6 Å². The van der Waals surface area contributed by atoms with E-state index in [0.717, 1.165) is 24.6 Å². The van der Waals surface area contributed by atoms with Crippen LogP contribution in [0.15, 0.2) is 45.3 Å². The van der Waals surface area contributed by atoms with Gasteiger partial charge in [0.15, 0.2) is 5.96 Å². The molecule has 20 heavy (non-hydrogen) atoms. The fraction of sp³-hybridized carbons (Fsp3) is 0.286. The topological polar surface area (TPSA) is 49.3 Å². The van der Waals surface area contributed by atoms with E-state index in [0.29, 0.717) is 6.54 Å². The second kappa shape index (κ2) is 8.01. The summed E-state index contributed by atoms with van der Waals surface area (Å²) in [4.78, 5) is 9.82. The van der Waals surface area contributed by atoms with E-state index in [9.17, 15) is 0 Å². The number of hydrogen-bond acceptors (Lipinski definition) is 3. The third kappa shape index (κ3) is 4.94. The molecule has 0 bridgehead atoms. The Morgan fingerprint density at radius 1 is 1.30 bits per heavy atom. The number of pyridine rings is 1. The van der Waals surface area contributed by atoms with E-state index >= 15 is 0 Å². The van der Waals surface area contributed by atoms with Crippen molar-refractivity contribution in [2.75, 3.05) is 13.6 Å². The fourth-order valence-electron chi connectivity index (χ4n) is 1.69. The Balaban J connectivity index is 1.73. The number of hydrogen-bond donors (Lipinski definition) is 2. The van der Waals surface area contributed by atoms with Crippen LogP contribution < -0.4 is 10.6 Å². The molecule has 0 saturated carbocycles. The van der Waals surface area contributed by atoms with Gasteiger partial charge in [-0.05, 0) is 46.6 Å². The van der Waals surface area contributed by atoms with E-state index in [2.05, 4.69) is 48.7 Å². The van der Waals surface area contributed by atoms with Gasteiger partial charge in [-0.1, -0.05) is 6.07 Å². The van der Waals surface area contributed by atoms with Crippen LogP contribution in [0.2, 0.25) is 0 Å². The van der Waals surface area contributed by atoms with E-state index in [1.165, 1.54) is 8.66 Å². The van der Waals surface area contributed by atoms with Gasteiger partial charge in [0, 0.05) is 24.7 Å². The molecule has 2 heterocycles. The molecule has 0 amide bonds. The lowest BCUT2D eigenvalue weighted by atomic mass is 10.3. The van der Waals surface area contributed by atoms with Gasteiger partial charge in [-0.25, -0.2) is 0 Å². The zero-order valence-corrected chi connectivity index (χ0v) is 13.7. The molecule has 0 saturated heterocycles. The third-order valence-corrected chi connectivity index (χ3v) is 4.36. The molecular formula is C14H17BrN4S. The average Bonchev–Trinajstić information content (AvgIpc) is 2.89. The zero-order valence-electron chi connectivity index (χ0n) is 11.3.